The van der Waals surface area contributed by atoms with E-state index in [1.165, 1.54) is 6.08 Å². The summed E-state index contributed by atoms with van der Waals surface area (Å²) in [6, 6.07) is 0. The average molecular weight is 201 g/mol. The van der Waals surface area contributed by atoms with E-state index in [9.17, 15) is 8.78 Å². The van der Waals surface area contributed by atoms with Gasteiger partial charge in [-0.3, -0.25) is 4.99 Å². The van der Waals surface area contributed by atoms with E-state index in [1.54, 1.807) is 6.08 Å². The van der Waals surface area contributed by atoms with Crippen LogP contribution in [0.5, 0.6) is 0 Å². The van der Waals surface area contributed by atoms with E-state index < -0.39 is 12.8 Å². The van der Waals surface area contributed by atoms with Gasteiger partial charge in [-0.1, -0.05) is 25.5 Å². The second-order valence-corrected chi connectivity index (χ2v) is 3.44. The third-order valence-electron chi connectivity index (χ3n) is 2.07. The summed E-state index contributed by atoms with van der Waals surface area (Å²) in [5, 5.41) is 0. The summed E-state index contributed by atoms with van der Waals surface area (Å²) in [6.45, 7) is 8.14. The zero-order chi connectivity index (χ0) is 11.1. The quantitative estimate of drug-likeness (QED) is 0.477. The number of aliphatic imine (C=N–C) groups is 1. The van der Waals surface area contributed by atoms with Crippen LogP contribution >= 0.6 is 0 Å². The Morgan fingerprint density at radius 3 is 2.36 bits per heavy atom. The maximum Gasteiger partial charge on any atom is 0.170 e. The van der Waals surface area contributed by atoms with Crippen molar-refractivity contribution >= 4 is 6.72 Å². The van der Waals surface area contributed by atoms with Gasteiger partial charge in [0.05, 0.1) is 5.70 Å². The van der Waals surface area contributed by atoms with Crippen LogP contribution in [0.3, 0.4) is 0 Å². The number of allylic oxidation sites excluding steroid dienone is 4. The van der Waals surface area contributed by atoms with Crippen LogP contribution in [0.4, 0.5) is 8.78 Å². The minimum Gasteiger partial charge on any atom is -0.266 e. The predicted octanol–water partition coefficient (Wildman–Crippen LogP) is 3.48. The third kappa shape index (κ3) is 4.30. The first-order chi connectivity index (χ1) is 6.52. The molecule has 0 fully saturated rings. The molecular formula is C11H17F2N. The van der Waals surface area contributed by atoms with Crippen molar-refractivity contribution in [2.24, 2.45) is 10.9 Å². The fourth-order valence-electron chi connectivity index (χ4n) is 0.744. The van der Waals surface area contributed by atoms with E-state index in [1.807, 2.05) is 20.8 Å². The molecule has 3 heteroatoms. The van der Waals surface area contributed by atoms with Gasteiger partial charge in [-0.05, 0) is 25.6 Å². The number of halogens is 2. The molecule has 0 N–H and O–H groups in total. The third-order valence-corrected chi connectivity index (χ3v) is 2.07. The van der Waals surface area contributed by atoms with Crippen LogP contribution in [-0.4, -0.2) is 19.6 Å². The molecule has 0 aromatic rings. The SMILES string of the molecule is C=N/C(=C\C=C(/C)C(C)C)C(F)CF. The summed E-state index contributed by atoms with van der Waals surface area (Å²) in [4.78, 5) is 3.44. The average Bonchev–Trinajstić information content (AvgIpc) is 2.17. The molecule has 0 aromatic carbocycles. The van der Waals surface area contributed by atoms with Crippen molar-refractivity contribution in [1.29, 1.82) is 0 Å². The highest BCUT2D eigenvalue weighted by atomic mass is 19.2. The Hall–Kier alpha value is -0.990. The molecule has 0 aliphatic heterocycles. The minimum absolute atomic E-state index is 0.0486. The van der Waals surface area contributed by atoms with Crippen molar-refractivity contribution in [3.63, 3.8) is 0 Å². The first-order valence-electron chi connectivity index (χ1n) is 4.58. The number of hydrogen-bond acceptors (Lipinski definition) is 1. The van der Waals surface area contributed by atoms with E-state index in [0.717, 1.165) is 5.57 Å². The van der Waals surface area contributed by atoms with Crippen molar-refractivity contribution in [3.8, 4) is 0 Å². The molecule has 0 saturated carbocycles. The van der Waals surface area contributed by atoms with Gasteiger partial charge in [-0.25, -0.2) is 8.78 Å². The molecule has 0 radical (unpaired) electrons. The largest absolute Gasteiger partial charge is 0.266 e. The summed E-state index contributed by atoms with van der Waals surface area (Å²) in [6.07, 6.45) is 1.56. The monoisotopic (exact) mass is 201 g/mol. The molecule has 0 aliphatic rings. The molecule has 0 saturated heterocycles. The molecular weight excluding hydrogens is 184 g/mol. The molecule has 1 unspecified atom stereocenters. The van der Waals surface area contributed by atoms with Gasteiger partial charge in [0.2, 0.25) is 0 Å². The molecule has 0 amide bonds. The Labute approximate surface area is 84.2 Å². The van der Waals surface area contributed by atoms with Crippen molar-refractivity contribution in [3.05, 3.63) is 23.4 Å². The second kappa shape index (κ2) is 6.46. The summed E-state index contributed by atoms with van der Waals surface area (Å²) in [7, 11) is 0. The molecule has 1 atom stereocenters. The van der Waals surface area contributed by atoms with Crippen LogP contribution in [0.15, 0.2) is 28.4 Å². The Kier molecular flexibility index (Phi) is 6.00. The van der Waals surface area contributed by atoms with E-state index in [2.05, 4.69) is 11.7 Å². The van der Waals surface area contributed by atoms with Gasteiger partial charge in [0.25, 0.3) is 0 Å². The summed E-state index contributed by atoms with van der Waals surface area (Å²) in [5.41, 5.74) is 1.14. The lowest BCUT2D eigenvalue weighted by Gasteiger charge is -2.05. The van der Waals surface area contributed by atoms with Crippen LogP contribution in [0.25, 0.3) is 0 Å². The van der Waals surface area contributed by atoms with Gasteiger partial charge in [0.1, 0.15) is 6.67 Å². The van der Waals surface area contributed by atoms with Crippen LogP contribution in [0.2, 0.25) is 0 Å². The molecule has 0 spiro atoms. The summed E-state index contributed by atoms with van der Waals surface area (Å²) >= 11 is 0. The van der Waals surface area contributed by atoms with Gasteiger partial charge in [0, 0.05) is 0 Å². The molecule has 1 nitrogen and oxygen atoms in total. The maximum absolute atomic E-state index is 12.8. The smallest absolute Gasteiger partial charge is 0.170 e. The Morgan fingerprint density at radius 2 is 2.00 bits per heavy atom. The fourth-order valence-corrected chi connectivity index (χ4v) is 0.744. The van der Waals surface area contributed by atoms with Gasteiger partial charge in [-0.15, -0.1) is 0 Å². The topological polar surface area (TPSA) is 12.4 Å². The van der Waals surface area contributed by atoms with Gasteiger partial charge < -0.3 is 0 Å². The Bertz CT molecular complexity index is 242. The van der Waals surface area contributed by atoms with Crippen molar-refractivity contribution in [2.45, 2.75) is 26.9 Å². The van der Waals surface area contributed by atoms with Gasteiger partial charge in [0.15, 0.2) is 6.17 Å². The molecule has 0 heterocycles. The summed E-state index contributed by atoms with van der Waals surface area (Å²) in [5.74, 6) is 0.390. The normalized spacial score (nSPS) is 15.9. The number of nitrogens with zero attached hydrogens (tertiary/aromatic N) is 1. The van der Waals surface area contributed by atoms with Gasteiger partial charge >= 0.3 is 0 Å². The zero-order valence-corrected chi connectivity index (χ0v) is 8.93. The lowest BCUT2D eigenvalue weighted by molar-refractivity contribution is 0.295. The second-order valence-electron chi connectivity index (χ2n) is 3.44. The molecule has 0 aliphatic carbocycles. The molecule has 14 heavy (non-hydrogen) atoms. The molecule has 80 valence electrons. The minimum atomic E-state index is -1.66. The van der Waals surface area contributed by atoms with E-state index in [-0.39, 0.29) is 5.70 Å². The standard InChI is InChI=1S/C11H17F2N/c1-8(2)9(3)5-6-11(14-4)10(13)7-12/h5-6,8,10H,4,7H2,1-3H3/b9-5+,11-6-. The van der Waals surface area contributed by atoms with Crippen LogP contribution in [-0.2, 0) is 0 Å². The van der Waals surface area contributed by atoms with E-state index in [4.69, 9.17) is 0 Å². The van der Waals surface area contributed by atoms with Crippen molar-refractivity contribution < 1.29 is 8.78 Å². The molecule has 0 bridgehead atoms. The number of hydrogen-bond donors (Lipinski definition) is 0. The first kappa shape index (κ1) is 13.0. The first-order valence-corrected chi connectivity index (χ1v) is 4.58. The number of rotatable bonds is 5. The Morgan fingerprint density at radius 1 is 1.43 bits per heavy atom. The van der Waals surface area contributed by atoms with Crippen LogP contribution in [0.1, 0.15) is 20.8 Å². The Balaban J connectivity index is 4.61. The lowest BCUT2D eigenvalue weighted by Crippen LogP contribution is -2.04. The molecule has 0 aromatic heterocycles. The van der Waals surface area contributed by atoms with Crippen LogP contribution < -0.4 is 0 Å². The van der Waals surface area contributed by atoms with Gasteiger partial charge in [-0.2, -0.15) is 0 Å². The highest BCUT2D eigenvalue weighted by molar-refractivity contribution is 5.32. The van der Waals surface area contributed by atoms with E-state index >= 15 is 0 Å². The highest BCUT2D eigenvalue weighted by Crippen LogP contribution is 2.12. The van der Waals surface area contributed by atoms with E-state index in [0.29, 0.717) is 5.92 Å². The fraction of sp³-hybridized carbons (Fsp3) is 0.545. The van der Waals surface area contributed by atoms with Crippen molar-refractivity contribution in [1.82, 2.24) is 0 Å². The van der Waals surface area contributed by atoms with Crippen molar-refractivity contribution in [2.75, 3.05) is 6.67 Å². The highest BCUT2D eigenvalue weighted by Gasteiger charge is 2.09. The number of alkyl halides is 2. The van der Waals surface area contributed by atoms with Crippen LogP contribution in [0, 0.1) is 5.92 Å². The zero-order valence-electron chi connectivity index (χ0n) is 8.93. The predicted molar refractivity (Wildman–Crippen MR) is 57.1 cm³/mol. The maximum atomic E-state index is 12.8. The lowest BCUT2D eigenvalue weighted by atomic mass is 10.0. The summed E-state index contributed by atoms with van der Waals surface area (Å²) < 4.78 is 24.8. The molecule has 0 rings (SSSR count).